The van der Waals surface area contributed by atoms with Crippen LogP contribution >= 0.6 is 33.9 Å². The summed E-state index contributed by atoms with van der Waals surface area (Å²) in [4.78, 5) is 12.1. The molecule has 0 aliphatic carbocycles. The maximum absolute atomic E-state index is 10.9. The molecule has 0 fully saturated rings. The van der Waals surface area contributed by atoms with Crippen molar-refractivity contribution in [3.05, 3.63) is 18.9 Å². The maximum Gasteiger partial charge on any atom is 0.337 e. The Balaban J connectivity index is 2.54. The minimum atomic E-state index is -0.788. The average Bonchev–Trinajstić information content (AvgIpc) is 2.39. The first-order valence-corrected chi connectivity index (χ1v) is 5.83. The normalized spacial score (nSPS) is 15.5. The molecule has 70 valence electrons. The van der Waals surface area contributed by atoms with E-state index in [1.807, 2.05) is 0 Å². The Morgan fingerprint density at radius 3 is 3.08 bits per heavy atom. The van der Waals surface area contributed by atoms with Crippen molar-refractivity contribution in [1.29, 1.82) is 0 Å². The summed E-state index contributed by atoms with van der Waals surface area (Å²) in [5.41, 5.74) is 1.57. The van der Waals surface area contributed by atoms with Gasteiger partial charge < -0.3 is 10.4 Å². The number of carboxylic acid groups (broad SMARTS) is 1. The first-order valence-electron chi connectivity index (χ1n) is 3.94. The van der Waals surface area contributed by atoms with E-state index in [2.05, 4.69) is 27.9 Å². The second kappa shape index (κ2) is 3.55. The van der Waals surface area contributed by atoms with Gasteiger partial charge in [-0.3, -0.25) is 0 Å². The Kier molecular flexibility index (Phi) is 2.57. The van der Waals surface area contributed by atoms with E-state index in [9.17, 15) is 4.79 Å². The van der Waals surface area contributed by atoms with Crippen molar-refractivity contribution in [2.45, 2.75) is 13.0 Å². The van der Waals surface area contributed by atoms with E-state index in [1.54, 1.807) is 11.3 Å². The van der Waals surface area contributed by atoms with E-state index in [0.717, 1.165) is 28.0 Å². The van der Waals surface area contributed by atoms with Crippen molar-refractivity contribution in [3.8, 4) is 0 Å². The zero-order chi connectivity index (χ0) is 9.42. The van der Waals surface area contributed by atoms with Crippen molar-refractivity contribution in [1.82, 2.24) is 5.32 Å². The summed E-state index contributed by atoms with van der Waals surface area (Å²) in [6.07, 6.45) is 0.844. The summed E-state index contributed by atoms with van der Waals surface area (Å²) in [5.74, 6) is -0.788. The van der Waals surface area contributed by atoms with Gasteiger partial charge in [-0.1, -0.05) is 0 Å². The van der Waals surface area contributed by atoms with Gasteiger partial charge in [0.05, 0.1) is 8.45 Å². The minimum Gasteiger partial charge on any atom is -0.478 e. The highest BCUT2D eigenvalue weighted by Gasteiger charge is 2.23. The van der Waals surface area contributed by atoms with E-state index < -0.39 is 5.97 Å². The molecule has 3 nitrogen and oxygen atoms in total. The summed E-state index contributed by atoms with van der Waals surface area (Å²) in [7, 11) is 0. The first kappa shape index (κ1) is 9.42. The van der Waals surface area contributed by atoms with Crippen LogP contribution in [0, 0.1) is 2.88 Å². The molecule has 2 rings (SSSR count). The second-order valence-electron chi connectivity index (χ2n) is 2.88. The van der Waals surface area contributed by atoms with Crippen molar-refractivity contribution in [3.63, 3.8) is 0 Å². The van der Waals surface area contributed by atoms with Crippen molar-refractivity contribution in [2.75, 3.05) is 6.54 Å². The predicted octanol–water partition coefficient (Wildman–Crippen LogP) is 1.70. The standard InChI is InChI=1S/C8H8INO2S/c9-7-6(8(11)12)4-1-2-10-3-5(4)13-7/h10H,1-3H2,(H,11,12). The summed E-state index contributed by atoms with van der Waals surface area (Å²) in [5, 5.41) is 12.2. The highest BCUT2D eigenvalue weighted by Crippen LogP contribution is 2.31. The number of hydrogen-bond acceptors (Lipinski definition) is 3. The smallest absolute Gasteiger partial charge is 0.337 e. The molecule has 2 heterocycles. The molecule has 0 atom stereocenters. The second-order valence-corrected chi connectivity index (χ2v) is 5.80. The molecule has 0 aromatic carbocycles. The van der Waals surface area contributed by atoms with E-state index in [-0.39, 0.29) is 0 Å². The van der Waals surface area contributed by atoms with Crippen molar-refractivity contribution < 1.29 is 9.90 Å². The van der Waals surface area contributed by atoms with Crippen molar-refractivity contribution in [2.24, 2.45) is 0 Å². The Bertz CT molecular complexity index is 361. The molecule has 0 saturated heterocycles. The van der Waals surface area contributed by atoms with Gasteiger partial charge >= 0.3 is 5.97 Å². The Labute approximate surface area is 93.3 Å². The van der Waals surface area contributed by atoms with Crippen LogP contribution in [-0.4, -0.2) is 17.6 Å². The Morgan fingerprint density at radius 2 is 2.38 bits per heavy atom. The lowest BCUT2D eigenvalue weighted by molar-refractivity contribution is 0.0695. The number of nitrogens with one attached hydrogen (secondary N) is 1. The molecule has 1 aliphatic rings. The van der Waals surface area contributed by atoms with Gasteiger partial charge in [-0.2, -0.15) is 0 Å². The largest absolute Gasteiger partial charge is 0.478 e. The lowest BCUT2D eigenvalue weighted by Gasteiger charge is -2.12. The monoisotopic (exact) mass is 309 g/mol. The summed E-state index contributed by atoms with van der Waals surface area (Å²) >= 11 is 3.69. The quantitative estimate of drug-likeness (QED) is 0.776. The number of halogens is 1. The molecule has 2 N–H and O–H groups in total. The molecule has 1 aliphatic heterocycles. The highest BCUT2D eigenvalue weighted by molar-refractivity contribution is 14.1. The molecule has 13 heavy (non-hydrogen) atoms. The van der Waals surface area contributed by atoms with Gasteiger partial charge in [-0.25, -0.2) is 4.79 Å². The van der Waals surface area contributed by atoms with Gasteiger partial charge in [0, 0.05) is 11.4 Å². The van der Waals surface area contributed by atoms with Crippen LogP contribution in [-0.2, 0) is 13.0 Å². The van der Waals surface area contributed by atoms with Gasteiger partial charge in [0.2, 0.25) is 0 Å². The van der Waals surface area contributed by atoms with E-state index in [4.69, 9.17) is 5.11 Å². The molecule has 1 aromatic rings. The van der Waals surface area contributed by atoms with Gasteiger partial charge in [0.15, 0.2) is 0 Å². The number of carbonyl (C=O) groups is 1. The molecule has 0 saturated carbocycles. The van der Waals surface area contributed by atoms with E-state index >= 15 is 0 Å². The van der Waals surface area contributed by atoms with Crippen LogP contribution in [0.25, 0.3) is 0 Å². The summed E-state index contributed by atoms with van der Waals surface area (Å²) in [6.45, 7) is 1.71. The molecular formula is C8H8INO2S. The third-order valence-corrected chi connectivity index (χ3v) is 4.32. The van der Waals surface area contributed by atoms with Crippen LogP contribution in [0.4, 0.5) is 0 Å². The summed E-state index contributed by atoms with van der Waals surface area (Å²) < 4.78 is 0.902. The molecule has 0 radical (unpaired) electrons. The lowest BCUT2D eigenvalue weighted by atomic mass is 10.1. The topological polar surface area (TPSA) is 49.3 Å². The molecular weight excluding hydrogens is 301 g/mol. The maximum atomic E-state index is 10.9. The van der Waals surface area contributed by atoms with Gasteiger partial charge in [-0.15, -0.1) is 11.3 Å². The number of carboxylic acids is 1. The third-order valence-electron chi connectivity index (χ3n) is 2.10. The van der Waals surface area contributed by atoms with Crippen LogP contribution in [0.15, 0.2) is 0 Å². The molecule has 0 bridgehead atoms. The molecule has 0 amide bonds. The Hall–Kier alpha value is -0.140. The van der Waals surface area contributed by atoms with Crippen LogP contribution in [0.2, 0.25) is 0 Å². The van der Waals surface area contributed by atoms with Crippen LogP contribution in [0.3, 0.4) is 0 Å². The first-order chi connectivity index (χ1) is 6.20. The van der Waals surface area contributed by atoms with Crippen LogP contribution < -0.4 is 5.32 Å². The zero-order valence-electron chi connectivity index (χ0n) is 6.76. The summed E-state index contributed by atoms with van der Waals surface area (Å²) in [6, 6.07) is 0. The lowest BCUT2D eigenvalue weighted by Crippen LogP contribution is -2.23. The zero-order valence-corrected chi connectivity index (χ0v) is 9.74. The number of aromatic carboxylic acids is 1. The van der Waals surface area contributed by atoms with Crippen LogP contribution in [0.5, 0.6) is 0 Å². The SMILES string of the molecule is O=C(O)c1c(I)sc2c1CCNC2. The van der Waals surface area contributed by atoms with Gasteiger partial charge in [-0.05, 0) is 41.1 Å². The van der Waals surface area contributed by atoms with Gasteiger partial charge in [0.1, 0.15) is 0 Å². The number of fused-ring (bicyclic) bond motifs is 1. The fourth-order valence-corrected chi connectivity index (χ4v) is 3.90. The average molecular weight is 309 g/mol. The molecule has 0 spiro atoms. The van der Waals surface area contributed by atoms with E-state index in [1.165, 1.54) is 4.88 Å². The molecule has 5 heteroatoms. The highest BCUT2D eigenvalue weighted by atomic mass is 127. The molecule has 1 aromatic heterocycles. The predicted molar refractivity (Wildman–Crippen MR) is 59.4 cm³/mol. The fraction of sp³-hybridized carbons (Fsp3) is 0.375. The Morgan fingerprint density at radius 1 is 1.62 bits per heavy atom. The minimum absolute atomic E-state index is 0.530. The fourth-order valence-electron chi connectivity index (χ4n) is 1.51. The van der Waals surface area contributed by atoms with E-state index in [0.29, 0.717) is 5.56 Å². The number of rotatable bonds is 1. The number of hydrogen-bond donors (Lipinski definition) is 2. The van der Waals surface area contributed by atoms with Crippen molar-refractivity contribution >= 4 is 39.9 Å². The van der Waals surface area contributed by atoms with Crippen LogP contribution in [0.1, 0.15) is 20.8 Å². The van der Waals surface area contributed by atoms with Gasteiger partial charge in [0.25, 0.3) is 0 Å². The number of thiophene rings is 1. The third kappa shape index (κ3) is 1.60. The molecule has 0 unspecified atom stereocenters.